The molecule has 6 N–H and O–H groups in total. The van der Waals surface area contributed by atoms with Gasteiger partial charge >= 0.3 is 12.4 Å². The molecule has 0 saturated heterocycles. The largest absolute Gasteiger partial charge is 0.507 e. The quantitative estimate of drug-likeness (QED) is 0.164. The fraction of sp³-hybridized carbons (Fsp3) is 0.567. The number of rotatable bonds is 8. The molecule has 2 fully saturated rings. The molecule has 244 valence electrons. The first-order valence-corrected chi connectivity index (χ1v) is 14.6. The highest BCUT2D eigenvalue weighted by molar-refractivity contribution is 6.25. The number of carbonyl (C=O) groups excluding carboxylic acids is 5. The molecule has 1 aliphatic heterocycles. The SMILES string of the molecule is CCOC(=O)C1=COC(NCc2cc(N(C)C)c3c(c2O)C(=O)C2C(=O)[C@@]4(O)C(=O)C(C(N)=O)C(O)C(N(C)C)[C@H]4C[C@H]2C3)O1. The van der Waals surface area contributed by atoms with E-state index in [1.807, 2.05) is 0 Å². The van der Waals surface area contributed by atoms with Crippen LogP contribution < -0.4 is 16.0 Å². The maximum Gasteiger partial charge on any atom is 0.377 e. The number of nitrogens with zero attached hydrogens (tertiary/aromatic N) is 2. The molecule has 15 nitrogen and oxygen atoms in total. The number of anilines is 1. The fourth-order valence-corrected chi connectivity index (χ4v) is 7.33. The molecular formula is C30H38N4O11. The third-order valence-electron chi connectivity index (χ3n) is 9.30. The summed E-state index contributed by atoms with van der Waals surface area (Å²) < 4.78 is 15.6. The molecule has 1 amide bonds. The lowest BCUT2D eigenvalue weighted by Gasteiger charge is -2.55. The first kappa shape index (κ1) is 32.3. The lowest BCUT2D eigenvalue weighted by molar-refractivity contribution is -0.190. The molecule has 15 heteroatoms. The van der Waals surface area contributed by atoms with Crippen LogP contribution in [0, 0.1) is 23.7 Å². The van der Waals surface area contributed by atoms with Crippen LogP contribution in [0.1, 0.15) is 34.8 Å². The maximum atomic E-state index is 14.2. The number of aliphatic hydroxyl groups is 2. The van der Waals surface area contributed by atoms with Crippen LogP contribution in [0.15, 0.2) is 18.1 Å². The van der Waals surface area contributed by atoms with Gasteiger partial charge in [-0.2, -0.15) is 0 Å². The van der Waals surface area contributed by atoms with Gasteiger partial charge in [0, 0.05) is 43.9 Å². The van der Waals surface area contributed by atoms with Gasteiger partial charge in [-0.1, -0.05) is 0 Å². The standard InChI is InChI=1S/C30H38N4O11/c1-6-43-28(41)17-11-44-29(45-17)32-10-13-9-16(33(2)3)14-7-12-8-15-21(34(4)5)24(37)20(27(31)40)26(39)30(15,42)25(38)18(12)23(36)19(14)22(13)35/h9,11-12,15,18,20-21,24,29,32,35,37,42H,6-8,10H2,1-5H3,(H2,31,40)/t12-,15-,18?,20?,21?,24?,29?,30-/m1/s1. The minimum Gasteiger partial charge on any atom is -0.507 e. The van der Waals surface area contributed by atoms with Gasteiger partial charge in [-0.3, -0.25) is 19.2 Å². The van der Waals surface area contributed by atoms with Gasteiger partial charge < -0.3 is 45.1 Å². The van der Waals surface area contributed by atoms with E-state index in [2.05, 4.69) is 5.32 Å². The Kier molecular flexibility index (Phi) is 8.42. The number of amides is 1. The minimum atomic E-state index is -2.75. The van der Waals surface area contributed by atoms with Crippen molar-refractivity contribution in [2.75, 3.05) is 39.7 Å². The molecule has 45 heavy (non-hydrogen) atoms. The van der Waals surface area contributed by atoms with Crippen LogP contribution in [0.3, 0.4) is 0 Å². The average Bonchev–Trinajstić information content (AvgIpc) is 3.43. The van der Waals surface area contributed by atoms with Crippen molar-refractivity contribution in [3.63, 3.8) is 0 Å². The number of benzene rings is 1. The number of fused-ring (bicyclic) bond motifs is 3. The normalized spacial score (nSPS) is 32.1. The molecule has 0 aromatic heterocycles. The van der Waals surface area contributed by atoms with E-state index >= 15 is 0 Å². The van der Waals surface area contributed by atoms with Gasteiger partial charge in [0.2, 0.25) is 11.7 Å². The molecule has 5 unspecified atom stereocenters. The Morgan fingerprint density at radius 3 is 2.47 bits per heavy atom. The maximum absolute atomic E-state index is 14.2. The summed E-state index contributed by atoms with van der Waals surface area (Å²) in [6.45, 7) is 1.70. The number of esters is 1. The summed E-state index contributed by atoms with van der Waals surface area (Å²) in [5.41, 5.74) is 3.90. The molecule has 1 aromatic rings. The third-order valence-corrected chi connectivity index (χ3v) is 9.30. The number of ketones is 3. The van der Waals surface area contributed by atoms with Crippen LogP contribution in [-0.4, -0.2) is 108 Å². The van der Waals surface area contributed by atoms with E-state index in [0.29, 0.717) is 11.3 Å². The number of nitrogens with one attached hydrogen (secondary N) is 1. The van der Waals surface area contributed by atoms with Gasteiger partial charge in [0.1, 0.15) is 17.9 Å². The van der Waals surface area contributed by atoms with Crippen LogP contribution in [0.4, 0.5) is 5.69 Å². The lowest BCUT2D eigenvalue weighted by atomic mass is 9.52. The predicted molar refractivity (Wildman–Crippen MR) is 154 cm³/mol. The number of phenols is 1. The summed E-state index contributed by atoms with van der Waals surface area (Å²) in [6, 6.07) is 0.693. The number of likely N-dealkylation sites (N-methyl/N-ethyl adjacent to an activating group) is 1. The molecule has 0 radical (unpaired) electrons. The Bertz CT molecular complexity index is 1490. The summed E-state index contributed by atoms with van der Waals surface area (Å²) in [6.07, 6.45) is -1.40. The van der Waals surface area contributed by atoms with Crippen LogP contribution in [0.5, 0.6) is 5.75 Å². The molecule has 1 heterocycles. The zero-order valence-corrected chi connectivity index (χ0v) is 25.6. The molecule has 2 saturated carbocycles. The second-order valence-corrected chi connectivity index (χ2v) is 12.3. The summed E-state index contributed by atoms with van der Waals surface area (Å²) in [4.78, 5) is 69.3. The summed E-state index contributed by atoms with van der Waals surface area (Å²) in [5.74, 6) is -10.6. The van der Waals surface area contributed by atoms with E-state index < -0.39 is 82.8 Å². The molecule has 8 atom stereocenters. The van der Waals surface area contributed by atoms with Gasteiger partial charge in [0.25, 0.3) is 0 Å². The van der Waals surface area contributed by atoms with Crippen LogP contribution in [0.2, 0.25) is 0 Å². The zero-order chi connectivity index (χ0) is 33.1. The van der Waals surface area contributed by atoms with E-state index in [0.717, 1.165) is 6.26 Å². The number of Topliss-reactive ketones (excluding diaryl/α,β-unsaturated/α-hetero) is 3. The van der Waals surface area contributed by atoms with Crippen LogP contribution >= 0.6 is 0 Å². The van der Waals surface area contributed by atoms with Crippen LogP contribution in [-0.2, 0) is 46.4 Å². The molecule has 1 aromatic carbocycles. The van der Waals surface area contributed by atoms with E-state index in [4.69, 9.17) is 19.9 Å². The second kappa shape index (κ2) is 11.7. The Morgan fingerprint density at radius 2 is 1.87 bits per heavy atom. The number of phenolic OH excluding ortho intramolecular Hbond substituents is 1. The smallest absolute Gasteiger partial charge is 0.377 e. The van der Waals surface area contributed by atoms with E-state index in [1.54, 1.807) is 46.1 Å². The predicted octanol–water partition coefficient (Wildman–Crippen LogP) is -1.45. The van der Waals surface area contributed by atoms with Crippen molar-refractivity contribution in [1.29, 1.82) is 0 Å². The first-order valence-electron chi connectivity index (χ1n) is 14.6. The summed E-state index contributed by atoms with van der Waals surface area (Å²) in [5, 5.41) is 37.1. The molecule has 0 spiro atoms. The number of nitrogens with two attached hydrogens (primary N) is 1. The number of aromatic hydroxyl groups is 1. The fourth-order valence-electron chi connectivity index (χ4n) is 7.33. The van der Waals surface area contributed by atoms with Gasteiger partial charge in [-0.25, -0.2) is 10.1 Å². The number of hydrogen-bond donors (Lipinski definition) is 5. The average molecular weight is 631 g/mol. The van der Waals surface area contributed by atoms with Crippen LogP contribution in [0.25, 0.3) is 0 Å². The zero-order valence-electron chi connectivity index (χ0n) is 25.6. The molecule has 4 aliphatic rings. The molecule has 5 rings (SSSR count). The Labute approximate surface area is 258 Å². The number of primary amides is 1. The Hall–Kier alpha value is -4.05. The number of hydrogen-bond acceptors (Lipinski definition) is 14. The van der Waals surface area contributed by atoms with Gasteiger partial charge in [-0.15, -0.1) is 0 Å². The van der Waals surface area contributed by atoms with Crippen molar-refractivity contribution in [2.45, 2.75) is 50.5 Å². The Morgan fingerprint density at radius 1 is 1.18 bits per heavy atom. The van der Waals surface area contributed by atoms with Crippen molar-refractivity contribution >= 4 is 34.9 Å². The molecule has 3 aliphatic carbocycles. The van der Waals surface area contributed by atoms with E-state index in [9.17, 15) is 39.3 Å². The van der Waals surface area contributed by atoms with Crippen molar-refractivity contribution in [2.24, 2.45) is 29.4 Å². The number of ether oxygens (including phenoxy) is 3. The highest BCUT2D eigenvalue weighted by Crippen LogP contribution is 2.52. The van der Waals surface area contributed by atoms with Crippen molar-refractivity contribution in [3.05, 3.63) is 34.8 Å². The van der Waals surface area contributed by atoms with Gasteiger partial charge in [0.05, 0.1) is 24.2 Å². The molecular weight excluding hydrogens is 592 g/mol. The minimum absolute atomic E-state index is 0.0122. The first-order chi connectivity index (χ1) is 21.1. The Balaban J connectivity index is 1.49. The summed E-state index contributed by atoms with van der Waals surface area (Å²) >= 11 is 0. The highest BCUT2D eigenvalue weighted by Gasteiger charge is 2.69. The summed E-state index contributed by atoms with van der Waals surface area (Å²) in [7, 11) is 6.69. The lowest BCUT2D eigenvalue weighted by Crippen LogP contribution is -2.75. The number of carbonyl (C=O) groups is 5. The van der Waals surface area contributed by atoms with Crippen molar-refractivity contribution in [3.8, 4) is 5.75 Å². The highest BCUT2D eigenvalue weighted by atomic mass is 16.7. The molecule has 0 bridgehead atoms. The van der Waals surface area contributed by atoms with Gasteiger partial charge in [-0.05, 0) is 51.4 Å². The number of aliphatic hydroxyl groups excluding tert-OH is 1. The van der Waals surface area contributed by atoms with E-state index in [-0.39, 0.29) is 42.9 Å². The van der Waals surface area contributed by atoms with E-state index in [1.165, 1.54) is 4.90 Å². The van der Waals surface area contributed by atoms with Crippen molar-refractivity contribution in [1.82, 2.24) is 10.2 Å². The topological polar surface area (TPSA) is 218 Å². The van der Waals surface area contributed by atoms with Crippen molar-refractivity contribution < 1.29 is 53.5 Å². The second-order valence-electron chi connectivity index (χ2n) is 12.3. The monoisotopic (exact) mass is 630 g/mol. The third kappa shape index (κ3) is 5.03. The van der Waals surface area contributed by atoms with Gasteiger partial charge in [0.15, 0.2) is 23.0 Å².